The Hall–Kier alpha value is -2.70. The molecule has 146 valence electrons. The maximum absolute atomic E-state index is 12.7. The van der Waals surface area contributed by atoms with Gasteiger partial charge in [-0.05, 0) is 35.1 Å². The molecule has 6 nitrogen and oxygen atoms in total. The fourth-order valence-electron chi connectivity index (χ4n) is 4.27. The Morgan fingerprint density at radius 1 is 1.04 bits per heavy atom. The molecule has 1 fully saturated rings. The molecule has 0 spiro atoms. The van der Waals surface area contributed by atoms with Gasteiger partial charge in [0.1, 0.15) is 6.61 Å². The second kappa shape index (κ2) is 7.73. The van der Waals surface area contributed by atoms with Gasteiger partial charge in [-0.25, -0.2) is 9.59 Å². The van der Waals surface area contributed by atoms with E-state index < -0.39 is 18.0 Å². The third kappa shape index (κ3) is 3.41. The Labute approximate surface area is 163 Å². The quantitative estimate of drug-likeness (QED) is 0.610. The van der Waals surface area contributed by atoms with E-state index in [0.29, 0.717) is 25.9 Å². The first kappa shape index (κ1) is 18.7. The lowest BCUT2D eigenvalue weighted by Crippen LogP contribution is -2.52. The van der Waals surface area contributed by atoms with Crippen LogP contribution in [0.5, 0.6) is 0 Å². The number of aliphatic carboxylic acids is 1. The highest BCUT2D eigenvalue weighted by molar-refractivity contribution is 5.98. The van der Waals surface area contributed by atoms with Gasteiger partial charge in [0.2, 0.25) is 6.04 Å². The molecule has 2 aliphatic rings. The highest BCUT2D eigenvalue weighted by Gasteiger charge is 2.37. The summed E-state index contributed by atoms with van der Waals surface area (Å²) in [7, 11) is 0. The van der Waals surface area contributed by atoms with Crippen LogP contribution in [-0.2, 0) is 14.3 Å². The maximum Gasteiger partial charge on any atom is 0.335 e. The van der Waals surface area contributed by atoms with Gasteiger partial charge in [-0.15, -0.1) is 0 Å². The molecule has 1 aliphatic heterocycles. The van der Waals surface area contributed by atoms with Gasteiger partial charge < -0.3 is 15.6 Å². The van der Waals surface area contributed by atoms with E-state index in [0.717, 1.165) is 22.3 Å². The van der Waals surface area contributed by atoms with Gasteiger partial charge in [0.05, 0.1) is 0 Å². The number of esters is 1. The summed E-state index contributed by atoms with van der Waals surface area (Å²) in [6.07, 6.45) is 1.36. The molecule has 4 rings (SSSR count). The largest absolute Gasteiger partial charge is 0.480 e. The molecule has 0 amide bonds. The van der Waals surface area contributed by atoms with E-state index in [9.17, 15) is 14.7 Å². The van der Waals surface area contributed by atoms with Crippen molar-refractivity contribution in [3.05, 3.63) is 59.7 Å². The molecular formula is C22H24N2O4. The molecule has 1 heterocycles. The molecule has 1 saturated heterocycles. The lowest BCUT2D eigenvalue weighted by Gasteiger charge is -2.33. The highest BCUT2D eigenvalue weighted by Crippen LogP contribution is 2.44. The molecule has 1 atom stereocenters. The van der Waals surface area contributed by atoms with Gasteiger partial charge in [0, 0.05) is 25.0 Å². The van der Waals surface area contributed by atoms with Crippen LogP contribution in [-0.4, -0.2) is 53.7 Å². The van der Waals surface area contributed by atoms with Crippen LogP contribution in [0.4, 0.5) is 0 Å². The Balaban J connectivity index is 1.50. The summed E-state index contributed by atoms with van der Waals surface area (Å²) in [5, 5.41) is 9.60. The fourth-order valence-corrected chi connectivity index (χ4v) is 4.27. The van der Waals surface area contributed by atoms with Crippen LogP contribution in [0.2, 0.25) is 0 Å². The van der Waals surface area contributed by atoms with Gasteiger partial charge >= 0.3 is 11.9 Å². The molecule has 6 heteroatoms. The zero-order valence-corrected chi connectivity index (χ0v) is 15.6. The van der Waals surface area contributed by atoms with Crippen LogP contribution in [0.25, 0.3) is 11.1 Å². The summed E-state index contributed by atoms with van der Waals surface area (Å²) in [6, 6.07) is 14.9. The second-order valence-corrected chi connectivity index (χ2v) is 7.47. The number of hydrogen-bond acceptors (Lipinski definition) is 5. The molecule has 1 aliphatic carbocycles. The van der Waals surface area contributed by atoms with Gasteiger partial charge in [-0.3, -0.25) is 4.90 Å². The average Bonchev–Trinajstić information content (AvgIpc) is 3.02. The first-order chi connectivity index (χ1) is 13.6. The van der Waals surface area contributed by atoms with Crippen LogP contribution < -0.4 is 5.73 Å². The molecule has 0 aromatic heterocycles. The number of carbonyl (C=O) groups is 2. The predicted octanol–water partition coefficient (Wildman–Crippen LogP) is 2.22. The summed E-state index contributed by atoms with van der Waals surface area (Å²) in [4.78, 5) is 26.1. The van der Waals surface area contributed by atoms with Crippen LogP contribution in [0.1, 0.15) is 29.9 Å². The lowest BCUT2D eigenvalue weighted by molar-refractivity contribution is -0.161. The second-order valence-electron chi connectivity index (χ2n) is 7.47. The lowest BCUT2D eigenvalue weighted by atomic mass is 9.98. The molecular weight excluding hydrogens is 356 g/mol. The van der Waals surface area contributed by atoms with E-state index in [1.165, 1.54) is 0 Å². The van der Waals surface area contributed by atoms with E-state index >= 15 is 0 Å². The number of nitrogens with two attached hydrogens (primary N) is 1. The number of benzene rings is 2. The number of carboxylic acids is 1. The monoisotopic (exact) mass is 380 g/mol. The van der Waals surface area contributed by atoms with Crippen molar-refractivity contribution in [2.45, 2.75) is 30.8 Å². The SMILES string of the molecule is NC1CCN(C(C(=O)O)C(=O)OCC2c3ccccc3-c3ccccc32)CC1. The number of piperidine rings is 1. The molecule has 1 unspecified atom stereocenters. The number of rotatable bonds is 5. The average molecular weight is 380 g/mol. The number of fused-ring (bicyclic) bond motifs is 3. The molecule has 0 bridgehead atoms. The zero-order valence-electron chi connectivity index (χ0n) is 15.6. The third-order valence-corrected chi connectivity index (χ3v) is 5.75. The summed E-state index contributed by atoms with van der Waals surface area (Å²) in [6.45, 7) is 1.11. The maximum atomic E-state index is 12.7. The molecule has 2 aromatic rings. The topological polar surface area (TPSA) is 92.9 Å². The van der Waals surface area contributed by atoms with E-state index in [4.69, 9.17) is 10.5 Å². The van der Waals surface area contributed by atoms with Gasteiger partial charge in [-0.2, -0.15) is 0 Å². The number of ether oxygens (including phenoxy) is 1. The first-order valence-corrected chi connectivity index (χ1v) is 9.63. The molecule has 2 aromatic carbocycles. The number of carboxylic acid groups (broad SMARTS) is 1. The van der Waals surface area contributed by atoms with E-state index in [1.54, 1.807) is 4.90 Å². The van der Waals surface area contributed by atoms with Crippen molar-refractivity contribution in [3.63, 3.8) is 0 Å². The normalized spacial score (nSPS) is 18.3. The van der Waals surface area contributed by atoms with Crippen molar-refractivity contribution < 1.29 is 19.4 Å². The zero-order chi connectivity index (χ0) is 19.7. The Kier molecular flexibility index (Phi) is 5.15. The van der Waals surface area contributed by atoms with Crippen molar-refractivity contribution in [1.82, 2.24) is 4.90 Å². The van der Waals surface area contributed by atoms with E-state index in [2.05, 4.69) is 12.1 Å². The minimum Gasteiger partial charge on any atom is -0.480 e. The van der Waals surface area contributed by atoms with Crippen molar-refractivity contribution in [3.8, 4) is 11.1 Å². The molecule has 28 heavy (non-hydrogen) atoms. The molecule has 0 saturated carbocycles. The van der Waals surface area contributed by atoms with Gasteiger partial charge in [-0.1, -0.05) is 48.5 Å². The number of hydrogen-bond donors (Lipinski definition) is 2. The van der Waals surface area contributed by atoms with Crippen LogP contribution >= 0.6 is 0 Å². The third-order valence-electron chi connectivity index (χ3n) is 5.75. The van der Waals surface area contributed by atoms with Crippen molar-refractivity contribution in [2.75, 3.05) is 19.7 Å². The van der Waals surface area contributed by atoms with Gasteiger partial charge in [0.25, 0.3) is 0 Å². The number of likely N-dealkylation sites (tertiary alicyclic amines) is 1. The van der Waals surface area contributed by atoms with Crippen molar-refractivity contribution in [1.29, 1.82) is 0 Å². The standard InChI is InChI=1S/C22H24N2O4/c23-14-9-11-24(12-10-14)20(21(25)26)22(27)28-13-19-17-7-3-1-5-15(17)16-6-2-4-8-18(16)19/h1-8,14,19-20H,9-13,23H2,(H,25,26). The highest BCUT2D eigenvalue weighted by atomic mass is 16.5. The van der Waals surface area contributed by atoms with Crippen LogP contribution in [0, 0.1) is 0 Å². The first-order valence-electron chi connectivity index (χ1n) is 9.63. The summed E-state index contributed by atoms with van der Waals surface area (Å²) in [5.74, 6) is -1.96. The Morgan fingerprint density at radius 2 is 1.57 bits per heavy atom. The summed E-state index contributed by atoms with van der Waals surface area (Å²) >= 11 is 0. The Bertz CT molecular complexity index is 844. The smallest absolute Gasteiger partial charge is 0.335 e. The van der Waals surface area contributed by atoms with Crippen LogP contribution in [0.3, 0.4) is 0 Å². The van der Waals surface area contributed by atoms with Crippen molar-refractivity contribution in [2.24, 2.45) is 5.73 Å². The van der Waals surface area contributed by atoms with E-state index in [1.807, 2.05) is 36.4 Å². The Morgan fingerprint density at radius 3 is 2.11 bits per heavy atom. The van der Waals surface area contributed by atoms with E-state index in [-0.39, 0.29) is 18.6 Å². The number of carbonyl (C=O) groups excluding carboxylic acids is 1. The fraction of sp³-hybridized carbons (Fsp3) is 0.364. The number of nitrogens with zero attached hydrogens (tertiary/aromatic N) is 1. The molecule has 0 radical (unpaired) electrons. The molecule has 3 N–H and O–H groups in total. The summed E-state index contributed by atoms with van der Waals surface area (Å²) in [5.41, 5.74) is 10.4. The summed E-state index contributed by atoms with van der Waals surface area (Å²) < 4.78 is 5.55. The van der Waals surface area contributed by atoms with Gasteiger partial charge in [0.15, 0.2) is 0 Å². The minimum absolute atomic E-state index is 0.0632. The van der Waals surface area contributed by atoms with Crippen LogP contribution in [0.15, 0.2) is 48.5 Å². The minimum atomic E-state index is -1.28. The predicted molar refractivity (Wildman–Crippen MR) is 105 cm³/mol. The van der Waals surface area contributed by atoms with Crippen molar-refractivity contribution >= 4 is 11.9 Å².